The van der Waals surface area contributed by atoms with Crippen LogP contribution in [0.2, 0.25) is 0 Å². The zero-order chi connectivity index (χ0) is 15.1. The van der Waals surface area contributed by atoms with E-state index in [9.17, 15) is 4.79 Å². The third-order valence-electron chi connectivity index (χ3n) is 3.99. The average Bonchev–Trinajstić information content (AvgIpc) is 2.98. The van der Waals surface area contributed by atoms with Crippen molar-refractivity contribution in [1.82, 2.24) is 0 Å². The largest absolute Gasteiger partial charge is 0.489 e. The molecular weight excluding hydrogens is 304 g/mol. The van der Waals surface area contributed by atoms with E-state index < -0.39 is 0 Å². The number of halogens is 1. The van der Waals surface area contributed by atoms with Gasteiger partial charge in [0.2, 0.25) is 5.91 Å². The predicted octanol–water partition coefficient (Wildman–Crippen LogP) is 2.45. The highest BCUT2D eigenvalue weighted by Crippen LogP contribution is 2.33. The number of benzene rings is 1. The van der Waals surface area contributed by atoms with Crippen molar-refractivity contribution < 1.29 is 14.3 Å². The normalized spacial score (nSPS) is 20.3. The van der Waals surface area contributed by atoms with Gasteiger partial charge in [0, 0.05) is 13.0 Å². The van der Waals surface area contributed by atoms with E-state index in [1.54, 1.807) is 7.11 Å². The van der Waals surface area contributed by atoms with Crippen molar-refractivity contribution >= 4 is 24.0 Å². The molecule has 22 heavy (non-hydrogen) atoms. The van der Waals surface area contributed by atoms with Crippen molar-refractivity contribution in [2.75, 3.05) is 32.2 Å². The standard InChI is InChI=1S/C16H24N2O3.ClH/c1-20-9-10-21-15-8-3-2-7-14(15)18-16(19)13-6-4-5-12(13)11-17;/h2-3,7-8,12-13H,4-6,9-11,17H2,1H3,(H,18,19);1H/t12-,13-;/m1./s1. The Kier molecular flexibility index (Phi) is 8.24. The first-order valence-corrected chi connectivity index (χ1v) is 7.48. The number of methoxy groups -OCH3 is 1. The monoisotopic (exact) mass is 328 g/mol. The summed E-state index contributed by atoms with van der Waals surface area (Å²) in [4.78, 5) is 12.4. The molecule has 0 bridgehead atoms. The van der Waals surface area contributed by atoms with Gasteiger partial charge in [-0.25, -0.2) is 0 Å². The van der Waals surface area contributed by atoms with Crippen LogP contribution in [0, 0.1) is 11.8 Å². The maximum Gasteiger partial charge on any atom is 0.227 e. The van der Waals surface area contributed by atoms with Crippen LogP contribution in [0.5, 0.6) is 5.75 Å². The number of para-hydroxylation sites is 2. The lowest BCUT2D eigenvalue weighted by Crippen LogP contribution is -2.29. The Morgan fingerprint density at radius 1 is 1.32 bits per heavy atom. The Hall–Kier alpha value is -1.30. The molecule has 0 aromatic heterocycles. The average molecular weight is 329 g/mol. The highest BCUT2D eigenvalue weighted by molar-refractivity contribution is 5.94. The number of carbonyl (C=O) groups is 1. The lowest BCUT2D eigenvalue weighted by molar-refractivity contribution is -0.120. The number of hydrogen-bond donors (Lipinski definition) is 2. The topological polar surface area (TPSA) is 73.6 Å². The van der Waals surface area contributed by atoms with E-state index in [1.165, 1.54) is 0 Å². The lowest BCUT2D eigenvalue weighted by Gasteiger charge is -2.18. The van der Waals surface area contributed by atoms with Crippen LogP contribution in [0.3, 0.4) is 0 Å². The zero-order valence-electron chi connectivity index (χ0n) is 12.9. The molecule has 6 heteroatoms. The Balaban J connectivity index is 0.00000242. The van der Waals surface area contributed by atoms with E-state index >= 15 is 0 Å². The second-order valence-corrected chi connectivity index (χ2v) is 5.36. The molecule has 1 aliphatic carbocycles. The molecule has 1 fully saturated rings. The molecule has 0 unspecified atom stereocenters. The second-order valence-electron chi connectivity index (χ2n) is 5.36. The maximum absolute atomic E-state index is 12.4. The molecule has 1 saturated carbocycles. The number of nitrogens with two attached hydrogens (primary N) is 1. The molecule has 0 radical (unpaired) electrons. The summed E-state index contributed by atoms with van der Waals surface area (Å²) >= 11 is 0. The smallest absolute Gasteiger partial charge is 0.227 e. The minimum atomic E-state index is 0. The van der Waals surface area contributed by atoms with E-state index in [0.29, 0.717) is 37.1 Å². The fraction of sp³-hybridized carbons (Fsp3) is 0.562. The molecule has 0 aliphatic heterocycles. The van der Waals surface area contributed by atoms with Gasteiger partial charge in [-0.2, -0.15) is 0 Å². The van der Waals surface area contributed by atoms with Crippen molar-refractivity contribution in [3.63, 3.8) is 0 Å². The van der Waals surface area contributed by atoms with Gasteiger partial charge in [-0.15, -0.1) is 12.4 Å². The minimum absolute atomic E-state index is 0. The minimum Gasteiger partial charge on any atom is -0.489 e. The van der Waals surface area contributed by atoms with Crippen molar-refractivity contribution in [2.24, 2.45) is 17.6 Å². The fourth-order valence-corrected chi connectivity index (χ4v) is 2.82. The van der Waals surface area contributed by atoms with Gasteiger partial charge in [-0.3, -0.25) is 4.79 Å². The first-order valence-electron chi connectivity index (χ1n) is 7.48. The Morgan fingerprint density at radius 2 is 2.09 bits per heavy atom. The summed E-state index contributed by atoms with van der Waals surface area (Å²) in [6.45, 7) is 1.54. The molecule has 0 saturated heterocycles. The second kappa shape index (κ2) is 9.66. The molecule has 5 nitrogen and oxygen atoms in total. The number of amides is 1. The van der Waals surface area contributed by atoms with Crippen LogP contribution < -0.4 is 15.8 Å². The van der Waals surface area contributed by atoms with Crippen LogP contribution in [-0.4, -0.2) is 32.8 Å². The van der Waals surface area contributed by atoms with Crippen LogP contribution in [0.1, 0.15) is 19.3 Å². The molecule has 124 valence electrons. The van der Waals surface area contributed by atoms with Crippen molar-refractivity contribution in [3.05, 3.63) is 24.3 Å². The summed E-state index contributed by atoms with van der Waals surface area (Å²) in [6, 6.07) is 7.47. The van der Waals surface area contributed by atoms with Gasteiger partial charge in [-0.05, 0) is 37.4 Å². The number of hydrogen-bond acceptors (Lipinski definition) is 4. The van der Waals surface area contributed by atoms with E-state index in [1.807, 2.05) is 24.3 Å². The molecule has 1 aromatic carbocycles. The molecular formula is C16H25ClN2O3. The van der Waals surface area contributed by atoms with Crippen LogP contribution in [0.15, 0.2) is 24.3 Å². The number of anilines is 1. The Morgan fingerprint density at radius 3 is 2.82 bits per heavy atom. The molecule has 1 aromatic rings. The molecule has 1 amide bonds. The summed E-state index contributed by atoms with van der Waals surface area (Å²) in [6.07, 6.45) is 3.03. The number of rotatable bonds is 7. The van der Waals surface area contributed by atoms with Crippen molar-refractivity contribution in [3.8, 4) is 5.75 Å². The summed E-state index contributed by atoms with van der Waals surface area (Å²) in [7, 11) is 1.63. The van der Waals surface area contributed by atoms with E-state index in [4.69, 9.17) is 15.2 Å². The van der Waals surface area contributed by atoms with Gasteiger partial charge in [-0.1, -0.05) is 18.6 Å². The van der Waals surface area contributed by atoms with Gasteiger partial charge in [0.25, 0.3) is 0 Å². The molecule has 0 heterocycles. The zero-order valence-corrected chi connectivity index (χ0v) is 13.7. The third-order valence-corrected chi connectivity index (χ3v) is 3.99. The highest BCUT2D eigenvalue weighted by Gasteiger charge is 2.32. The van der Waals surface area contributed by atoms with Gasteiger partial charge >= 0.3 is 0 Å². The number of nitrogens with one attached hydrogen (secondary N) is 1. The summed E-state index contributed by atoms with van der Waals surface area (Å²) in [5.41, 5.74) is 6.46. The molecule has 2 atom stereocenters. The van der Waals surface area contributed by atoms with E-state index in [-0.39, 0.29) is 24.2 Å². The molecule has 1 aliphatic rings. The first kappa shape index (κ1) is 18.7. The van der Waals surface area contributed by atoms with Crippen LogP contribution in [-0.2, 0) is 9.53 Å². The van der Waals surface area contributed by atoms with Gasteiger partial charge in [0.15, 0.2) is 0 Å². The maximum atomic E-state index is 12.4. The van der Waals surface area contributed by atoms with Gasteiger partial charge in [0.1, 0.15) is 12.4 Å². The fourth-order valence-electron chi connectivity index (χ4n) is 2.82. The highest BCUT2D eigenvalue weighted by atomic mass is 35.5. The van der Waals surface area contributed by atoms with Gasteiger partial charge in [0.05, 0.1) is 12.3 Å². The van der Waals surface area contributed by atoms with Crippen LogP contribution in [0.4, 0.5) is 5.69 Å². The predicted molar refractivity (Wildman–Crippen MR) is 89.6 cm³/mol. The van der Waals surface area contributed by atoms with Crippen LogP contribution >= 0.6 is 12.4 Å². The lowest BCUT2D eigenvalue weighted by atomic mass is 9.95. The summed E-state index contributed by atoms with van der Waals surface area (Å²) < 4.78 is 10.6. The number of carbonyl (C=O) groups excluding carboxylic acids is 1. The molecule has 2 rings (SSSR count). The van der Waals surface area contributed by atoms with Crippen molar-refractivity contribution in [2.45, 2.75) is 19.3 Å². The van der Waals surface area contributed by atoms with E-state index in [0.717, 1.165) is 19.3 Å². The number of ether oxygens (including phenoxy) is 2. The molecule has 3 N–H and O–H groups in total. The summed E-state index contributed by atoms with van der Waals surface area (Å²) in [5, 5.41) is 2.98. The Labute approximate surface area is 138 Å². The molecule has 0 spiro atoms. The summed E-state index contributed by atoms with van der Waals surface area (Å²) in [5.74, 6) is 1.03. The van der Waals surface area contributed by atoms with Crippen molar-refractivity contribution in [1.29, 1.82) is 0 Å². The van der Waals surface area contributed by atoms with Crippen LogP contribution in [0.25, 0.3) is 0 Å². The first-order chi connectivity index (χ1) is 10.3. The van der Waals surface area contributed by atoms with E-state index in [2.05, 4.69) is 5.32 Å². The quantitative estimate of drug-likeness (QED) is 0.754. The Bertz CT molecular complexity index is 470. The third kappa shape index (κ3) is 4.87. The van der Waals surface area contributed by atoms with Gasteiger partial charge < -0.3 is 20.5 Å². The SMILES string of the molecule is COCCOc1ccccc1NC(=O)[C@@H]1CCC[C@@H]1CN.Cl.